The van der Waals surface area contributed by atoms with E-state index in [9.17, 15) is 19.8 Å². The van der Waals surface area contributed by atoms with Crippen molar-refractivity contribution in [2.45, 2.75) is 60.1 Å². The molecule has 5 N–H and O–H groups in total. The minimum absolute atomic E-state index is 0.0616. The molecule has 0 fully saturated rings. The molecule has 3 heterocycles. The number of phenols is 1. The molecule has 10 nitrogen and oxygen atoms in total. The van der Waals surface area contributed by atoms with Crippen LogP contribution in [-0.4, -0.2) is 47.5 Å². The normalized spacial score (nSPS) is 10.4. The standard InChI is InChI=1S/C32H28N6O4.2C2H6/c1-32(2,42)14-13-23-9-12-26-31(36-23)38(30(37-26)25-4-3-15-34-29(25)33)24-10-6-20(7-11-24)18-35-28(41)17-21-5-8-22(19-39)27(40)16-21;2*1-2/h3-12,15-16,19,40,42H,17-18H2,1-2H3,(H2,33,34)(H,35,41);2*1-2H3. The number of hydrogen-bond acceptors (Lipinski definition) is 8. The van der Waals surface area contributed by atoms with E-state index in [-0.39, 0.29) is 23.6 Å². The monoisotopic (exact) mass is 620 g/mol. The molecule has 238 valence electrons. The number of nitrogens with two attached hydrogens (primary N) is 1. The van der Waals surface area contributed by atoms with Gasteiger partial charge in [-0.3, -0.25) is 14.2 Å². The maximum Gasteiger partial charge on any atom is 0.224 e. The maximum atomic E-state index is 12.5. The van der Waals surface area contributed by atoms with Gasteiger partial charge < -0.3 is 21.3 Å². The zero-order chi connectivity index (χ0) is 33.9. The highest BCUT2D eigenvalue weighted by atomic mass is 16.3. The SMILES string of the molecule is CC.CC.CC(C)(O)C#Cc1ccc2nc(-c3cccnc3N)n(-c3ccc(CNC(=O)Cc4ccc(C=O)c(O)c4)cc3)c2n1. The zero-order valence-electron chi connectivity index (χ0n) is 27.0. The van der Waals surface area contributed by atoms with Gasteiger partial charge in [-0.05, 0) is 79.4 Å². The van der Waals surface area contributed by atoms with Crippen LogP contribution in [0.1, 0.15) is 68.7 Å². The van der Waals surface area contributed by atoms with E-state index in [0.717, 1.165) is 11.3 Å². The number of aldehydes is 1. The molecule has 2 aromatic carbocycles. The van der Waals surface area contributed by atoms with E-state index in [1.165, 1.54) is 12.1 Å². The summed E-state index contributed by atoms with van der Waals surface area (Å²) in [6, 6.07) is 19.3. The van der Waals surface area contributed by atoms with Crippen molar-refractivity contribution in [3.8, 4) is 34.7 Å². The number of aliphatic hydroxyl groups is 1. The molecule has 0 atom stereocenters. The molecule has 1 amide bonds. The van der Waals surface area contributed by atoms with E-state index in [2.05, 4.69) is 22.1 Å². The van der Waals surface area contributed by atoms with Crippen LogP contribution >= 0.6 is 0 Å². The Bertz CT molecular complexity index is 1860. The number of phenolic OH excluding ortho intramolecular Hbond substituents is 1. The quantitative estimate of drug-likeness (QED) is 0.135. The number of anilines is 1. The molecule has 5 aromatic rings. The van der Waals surface area contributed by atoms with Crippen molar-refractivity contribution in [2.75, 3.05) is 5.73 Å². The average molecular weight is 621 g/mol. The number of hydrogen-bond donors (Lipinski definition) is 4. The summed E-state index contributed by atoms with van der Waals surface area (Å²) in [4.78, 5) is 37.1. The van der Waals surface area contributed by atoms with E-state index in [1.54, 1.807) is 38.2 Å². The lowest BCUT2D eigenvalue weighted by Crippen LogP contribution is -2.24. The second-order valence-electron chi connectivity index (χ2n) is 10.2. The smallest absolute Gasteiger partial charge is 0.224 e. The molecule has 0 saturated heterocycles. The second-order valence-corrected chi connectivity index (χ2v) is 10.2. The number of nitrogen functional groups attached to an aromatic ring is 1. The third-order valence-corrected chi connectivity index (χ3v) is 6.35. The Morgan fingerprint density at radius 1 is 1.00 bits per heavy atom. The van der Waals surface area contributed by atoms with Crippen molar-refractivity contribution >= 4 is 29.2 Å². The van der Waals surface area contributed by atoms with Gasteiger partial charge in [0.1, 0.15) is 28.4 Å². The fourth-order valence-electron chi connectivity index (χ4n) is 4.29. The van der Waals surface area contributed by atoms with Crippen LogP contribution in [0.4, 0.5) is 5.82 Å². The highest BCUT2D eigenvalue weighted by molar-refractivity contribution is 5.83. The Balaban J connectivity index is 0.00000139. The van der Waals surface area contributed by atoms with Gasteiger partial charge in [-0.2, -0.15) is 0 Å². The van der Waals surface area contributed by atoms with E-state index in [0.29, 0.717) is 52.5 Å². The molecular weight excluding hydrogens is 580 g/mol. The fourth-order valence-corrected chi connectivity index (χ4v) is 4.29. The number of imidazole rings is 1. The molecule has 10 heteroatoms. The Labute approximate surface area is 269 Å². The van der Waals surface area contributed by atoms with Crippen molar-refractivity contribution in [3.05, 3.63) is 95.3 Å². The third kappa shape index (κ3) is 8.77. The predicted octanol–water partition coefficient (Wildman–Crippen LogP) is 5.62. The number of nitrogens with one attached hydrogen (secondary N) is 1. The van der Waals surface area contributed by atoms with Gasteiger partial charge in [-0.1, -0.05) is 51.8 Å². The number of fused-ring (bicyclic) bond motifs is 1. The van der Waals surface area contributed by atoms with Crippen LogP contribution in [0, 0.1) is 11.8 Å². The van der Waals surface area contributed by atoms with Crippen LogP contribution in [0.2, 0.25) is 0 Å². The first-order chi connectivity index (χ1) is 22.1. The molecule has 0 bridgehead atoms. The summed E-state index contributed by atoms with van der Waals surface area (Å²) in [7, 11) is 0. The summed E-state index contributed by atoms with van der Waals surface area (Å²) in [6.07, 6.45) is 2.23. The Hall–Kier alpha value is -5.53. The van der Waals surface area contributed by atoms with Crippen molar-refractivity contribution in [2.24, 2.45) is 0 Å². The maximum absolute atomic E-state index is 12.5. The van der Waals surface area contributed by atoms with Gasteiger partial charge in [0.15, 0.2) is 17.8 Å². The Morgan fingerprint density at radius 3 is 2.33 bits per heavy atom. The van der Waals surface area contributed by atoms with Crippen LogP contribution in [0.25, 0.3) is 28.2 Å². The molecule has 0 spiro atoms. The van der Waals surface area contributed by atoms with E-state index in [1.807, 2.05) is 68.7 Å². The van der Waals surface area contributed by atoms with Crippen LogP contribution in [0.5, 0.6) is 5.75 Å². The molecule has 0 saturated carbocycles. The first-order valence-corrected chi connectivity index (χ1v) is 15.1. The van der Waals surface area contributed by atoms with Gasteiger partial charge in [0, 0.05) is 18.4 Å². The van der Waals surface area contributed by atoms with Gasteiger partial charge in [-0.15, -0.1) is 0 Å². The molecule has 3 aromatic heterocycles. The molecule has 0 aliphatic carbocycles. The van der Waals surface area contributed by atoms with E-state index < -0.39 is 5.60 Å². The summed E-state index contributed by atoms with van der Waals surface area (Å²) < 4.78 is 1.87. The van der Waals surface area contributed by atoms with Crippen LogP contribution < -0.4 is 11.1 Å². The van der Waals surface area contributed by atoms with Crippen molar-refractivity contribution in [1.29, 1.82) is 0 Å². The lowest BCUT2D eigenvalue weighted by atomic mass is 10.1. The second kappa shape index (κ2) is 16.0. The molecule has 0 radical (unpaired) electrons. The van der Waals surface area contributed by atoms with Crippen molar-refractivity contribution < 1.29 is 19.8 Å². The number of pyridine rings is 2. The van der Waals surface area contributed by atoms with Gasteiger partial charge in [0.25, 0.3) is 0 Å². The number of benzene rings is 2. The first kappa shape index (κ1) is 35.0. The zero-order valence-corrected chi connectivity index (χ0v) is 27.0. The molecule has 46 heavy (non-hydrogen) atoms. The number of nitrogens with zero attached hydrogens (tertiary/aromatic N) is 4. The number of amides is 1. The van der Waals surface area contributed by atoms with Crippen LogP contribution in [0.3, 0.4) is 0 Å². The third-order valence-electron chi connectivity index (χ3n) is 6.35. The number of carbonyl (C=O) groups is 2. The van der Waals surface area contributed by atoms with Crippen LogP contribution in [0.15, 0.2) is 72.9 Å². The summed E-state index contributed by atoms with van der Waals surface area (Å²) in [5.41, 5.74) is 9.75. The highest BCUT2D eigenvalue weighted by Gasteiger charge is 2.18. The topological polar surface area (TPSA) is 156 Å². The lowest BCUT2D eigenvalue weighted by Gasteiger charge is -2.12. The van der Waals surface area contributed by atoms with Gasteiger partial charge in [0.2, 0.25) is 5.91 Å². The van der Waals surface area contributed by atoms with Gasteiger partial charge in [0.05, 0.1) is 17.5 Å². The number of aromatic hydroxyl groups is 1. The summed E-state index contributed by atoms with van der Waals surface area (Å²) in [5.74, 6) is 6.20. The minimum Gasteiger partial charge on any atom is -0.507 e. The number of carbonyl (C=O) groups excluding carboxylic acids is 2. The van der Waals surface area contributed by atoms with E-state index in [4.69, 9.17) is 15.7 Å². The lowest BCUT2D eigenvalue weighted by molar-refractivity contribution is -0.120. The molecule has 0 aliphatic rings. The minimum atomic E-state index is -1.17. The first-order valence-electron chi connectivity index (χ1n) is 15.1. The number of aromatic nitrogens is 4. The van der Waals surface area contributed by atoms with Crippen molar-refractivity contribution in [1.82, 2.24) is 24.8 Å². The van der Waals surface area contributed by atoms with E-state index >= 15 is 0 Å². The van der Waals surface area contributed by atoms with Gasteiger partial charge >= 0.3 is 0 Å². The fraction of sp³-hybridized carbons (Fsp3) is 0.250. The Morgan fingerprint density at radius 2 is 1.70 bits per heavy atom. The molecular formula is C36H40N6O4. The molecule has 0 aliphatic heterocycles. The number of rotatable bonds is 7. The van der Waals surface area contributed by atoms with Crippen LogP contribution in [-0.2, 0) is 17.8 Å². The summed E-state index contributed by atoms with van der Waals surface area (Å²) in [5, 5.41) is 22.8. The predicted molar refractivity (Wildman–Crippen MR) is 181 cm³/mol. The average Bonchev–Trinajstić information content (AvgIpc) is 3.43. The largest absolute Gasteiger partial charge is 0.507 e. The summed E-state index contributed by atoms with van der Waals surface area (Å²) in [6.45, 7) is 11.5. The molecule has 5 rings (SSSR count). The molecule has 0 unspecified atom stereocenters. The van der Waals surface area contributed by atoms with Gasteiger partial charge in [-0.25, -0.2) is 15.0 Å². The Kier molecular flexibility index (Phi) is 12.1. The summed E-state index contributed by atoms with van der Waals surface area (Å²) >= 11 is 0. The highest BCUT2D eigenvalue weighted by Crippen LogP contribution is 2.30. The van der Waals surface area contributed by atoms with Crippen molar-refractivity contribution in [3.63, 3.8) is 0 Å².